The summed E-state index contributed by atoms with van der Waals surface area (Å²) < 4.78 is 4.21. The first kappa shape index (κ1) is 8.95. The largest absolute Gasteiger partial charge is 0.385 e. The Kier molecular flexibility index (Phi) is 2.30. The third-order valence-electron chi connectivity index (χ3n) is 1.46. The number of aromatic nitrogens is 2. The van der Waals surface area contributed by atoms with Gasteiger partial charge in [0.05, 0.1) is 0 Å². The summed E-state index contributed by atoms with van der Waals surface area (Å²) in [6, 6.07) is 0. The summed E-state index contributed by atoms with van der Waals surface area (Å²) >= 11 is 0. The summed E-state index contributed by atoms with van der Waals surface area (Å²) in [6.07, 6.45) is -1.92. The number of rotatable bonds is 2. The molecule has 6 nitrogen and oxygen atoms in total. The minimum absolute atomic E-state index is 0.0509. The third kappa shape index (κ3) is 1.39. The fourth-order valence-electron chi connectivity index (χ4n) is 0.922. The van der Waals surface area contributed by atoms with Crippen molar-refractivity contribution in [1.82, 2.24) is 5.16 Å². The second-order valence-corrected chi connectivity index (χ2v) is 2.55. The van der Waals surface area contributed by atoms with E-state index in [2.05, 4.69) is 9.79 Å². The van der Waals surface area contributed by atoms with Gasteiger partial charge in [0.25, 0.3) is 5.69 Å². The molecule has 1 rings (SSSR count). The molecule has 0 aliphatic rings. The van der Waals surface area contributed by atoms with E-state index in [1.807, 2.05) is 0 Å². The fraction of sp³-hybridized carbons (Fsp3) is 0.667. The molecular formula is C6H10N2O4. The van der Waals surface area contributed by atoms with Gasteiger partial charge in [-0.05, 0) is 18.8 Å². The zero-order valence-electron chi connectivity index (χ0n) is 6.76. The predicted molar refractivity (Wildman–Crippen MR) is 36.7 cm³/mol. The molecule has 1 aromatic heterocycles. The van der Waals surface area contributed by atoms with Gasteiger partial charge in [-0.25, -0.2) is 0 Å². The first-order valence-electron chi connectivity index (χ1n) is 3.49. The van der Waals surface area contributed by atoms with Crippen LogP contribution in [0.1, 0.15) is 37.4 Å². The van der Waals surface area contributed by atoms with Gasteiger partial charge in [-0.15, -0.1) is 0 Å². The van der Waals surface area contributed by atoms with E-state index in [0.29, 0.717) is 0 Å². The minimum Gasteiger partial charge on any atom is -0.385 e. The molecule has 0 saturated heterocycles. The smallest absolute Gasteiger partial charge is 0.251 e. The molecule has 0 aromatic carbocycles. The van der Waals surface area contributed by atoms with Crippen molar-refractivity contribution in [3.63, 3.8) is 0 Å². The Morgan fingerprint density at radius 1 is 1.42 bits per heavy atom. The monoisotopic (exact) mass is 174 g/mol. The Balaban J connectivity index is 3.12. The van der Waals surface area contributed by atoms with Crippen LogP contribution in [0, 0.1) is 5.21 Å². The molecule has 68 valence electrons. The summed E-state index contributed by atoms with van der Waals surface area (Å²) in [5.41, 5.74) is 0.0185. The Morgan fingerprint density at radius 2 is 2.00 bits per heavy atom. The number of aliphatic hydroxyl groups is 2. The van der Waals surface area contributed by atoms with Gasteiger partial charge in [0.2, 0.25) is 5.69 Å². The highest BCUT2D eigenvalue weighted by Crippen LogP contribution is 2.17. The van der Waals surface area contributed by atoms with Crippen LogP contribution in [0.4, 0.5) is 0 Å². The highest BCUT2D eigenvalue weighted by Gasteiger charge is 2.26. The molecule has 2 N–H and O–H groups in total. The van der Waals surface area contributed by atoms with Gasteiger partial charge in [-0.1, -0.05) is 0 Å². The average molecular weight is 174 g/mol. The lowest BCUT2D eigenvalue weighted by molar-refractivity contribution is -0.810. The van der Waals surface area contributed by atoms with E-state index >= 15 is 0 Å². The van der Waals surface area contributed by atoms with Gasteiger partial charge in [0.1, 0.15) is 12.2 Å². The Bertz CT molecular complexity index is 269. The van der Waals surface area contributed by atoms with Crippen LogP contribution in [0.15, 0.2) is 4.63 Å². The number of hydrogen-bond acceptors (Lipinski definition) is 5. The quantitative estimate of drug-likeness (QED) is 0.585. The second-order valence-electron chi connectivity index (χ2n) is 2.55. The molecule has 0 unspecified atom stereocenters. The van der Waals surface area contributed by atoms with Crippen LogP contribution in [0.25, 0.3) is 0 Å². The summed E-state index contributed by atoms with van der Waals surface area (Å²) in [5, 5.41) is 32.3. The molecule has 0 aliphatic carbocycles. The molecular weight excluding hydrogens is 164 g/mol. The molecule has 1 heterocycles. The van der Waals surface area contributed by atoms with E-state index in [9.17, 15) is 5.21 Å². The highest BCUT2D eigenvalue weighted by atomic mass is 16.8. The summed E-state index contributed by atoms with van der Waals surface area (Å²) in [5.74, 6) is 0. The van der Waals surface area contributed by atoms with Gasteiger partial charge < -0.3 is 15.4 Å². The van der Waals surface area contributed by atoms with Crippen LogP contribution >= 0.6 is 0 Å². The van der Waals surface area contributed by atoms with Gasteiger partial charge in [0.15, 0.2) is 0 Å². The first-order valence-corrected chi connectivity index (χ1v) is 3.49. The molecule has 0 saturated carbocycles. The molecule has 2 atom stereocenters. The zero-order valence-corrected chi connectivity index (χ0v) is 6.76. The van der Waals surface area contributed by atoms with E-state index in [4.69, 9.17) is 10.2 Å². The van der Waals surface area contributed by atoms with Crippen LogP contribution in [0.3, 0.4) is 0 Å². The molecule has 0 spiro atoms. The van der Waals surface area contributed by atoms with E-state index in [-0.39, 0.29) is 16.3 Å². The maximum Gasteiger partial charge on any atom is 0.251 e. The van der Waals surface area contributed by atoms with Crippen LogP contribution < -0.4 is 4.90 Å². The summed E-state index contributed by atoms with van der Waals surface area (Å²) in [7, 11) is 0. The zero-order chi connectivity index (χ0) is 9.30. The first-order chi connectivity index (χ1) is 5.54. The highest BCUT2D eigenvalue weighted by molar-refractivity contribution is 5.08. The molecule has 0 fully saturated rings. The number of nitrogens with zero attached hydrogens (tertiary/aromatic N) is 2. The maximum atomic E-state index is 10.8. The minimum atomic E-state index is -1.00. The molecule has 0 aliphatic heterocycles. The van der Waals surface area contributed by atoms with Crippen molar-refractivity contribution in [2.75, 3.05) is 0 Å². The second kappa shape index (κ2) is 3.08. The fourth-order valence-corrected chi connectivity index (χ4v) is 0.922. The molecule has 0 radical (unpaired) electrons. The molecule has 0 amide bonds. The van der Waals surface area contributed by atoms with Crippen molar-refractivity contribution < 1.29 is 19.7 Å². The lowest BCUT2D eigenvalue weighted by Gasteiger charge is -2.01. The van der Waals surface area contributed by atoms with Crippen molar-refractivity contribution in [2.24, 2.45) is 0 Å². The maximum absolute atomic E-state index is 10.8. The normalized spacial score (nSPS) is 16.0. The van der Waals surface area contributed by atoms with E-state index < -0.39 is 12.2 Å². The molecule has 0 bridgehead atoms. The molecule has 12 heavy (non-hydrogen) atoms. The predicted octanol–water partition coefficient (Wildman–Crippen LogP) is -0.585. The van der Waals surface area contributed by atoms with Crippen LogP contribution in [0.5, 0.6) is 0 Å². The summed E-state index contributed by atoms with van der Waals surface area (Å²) in [6.45, 7) is 2.83. The SMILES string of the molecule is C[C@@H](O)c1no[n+]([O-])c1[C@@H](C)O. The van der Waals surface area contributed by atoms with E-state index in [0.717, 1.165) is 0 Å². The Labute approximate surface area is 68.6 Å². The standard InChI is InChI=1S/C6H10N2O4/c1-3(9)5-6(4(2)10)8(11)12-7-5/h3-4,9-10H,1-2H3/t3-,4-/m1/s1. The Hall–Kier alpha value is -1.14. The van der Waals surface area contributed by atoms with Gasteiger partial charge >= 0.3 is 0 Å². The Morgan fingerprint density at radius 3 is 2.33 bits per heavy atom. The lowest BCUT2D eigenvalue weighted by Crippen LogP contribution is -2.30. The van der Waals surface area contributed by atoms with Crippen LogP contribution in [0.2, 0.25) is 0 Å². The van der Waals surface area contributed by atoms with Crippen LogP contribution in [-0.2, 0) is 0 Å². The molecule has 6 heteroatoms. The van der Waals surface area contributed by atoms with Crippen molar-refractivity contribution in [3.05, 3.63) is 16.6 Å². The number of aliphatic hydroxyl groups excluding tert-OH is 2. The van der Waals surface area contributed by atoms with Gasteiger partial charge in [-0.3, -0.25) is 4.63 Å². The van der Waals surface area contributed by atoms with Crippen LogP contribution in [-0.4, -0.2) is 15.4 Å². The van der Waals surface area contributed by atoms with Gasteiger partial charge in [-0.2, -0.15) is 0 Å². The number of hydrogen-bond donors (Lipinski definition) is 2. The van der Waals surface area contributed by atoms with Crippen molar-refractivity contribution in [2.45, 2.75) is 26.1 Å². The van der Waals surface area contributed by atoms with E-state index in [1.54, 1.807) is 0 Å². The summed E-state index contributed by atoms with van der Waals surface area (Å²) in [4.78, 5) is 0.0900. The average Bonchev–Trinajstić information content (AvgIpc) is 2.30. The van der Waals surface area contributed by atoms with E-state index in [1.165, 1.54) is 13.8 Å². The third-order valence-corrected chi connectivity index (χ3v) is 1.46. The van der Waals surface area contributed by atoms with Crippen molar-refractivity contribution in [1.29, 1.82) is 0 Å². The molecule has 1 aromatic rings. The topological polar surface area (TPSA) is 93.4 Å². The van der Waals surface area contributed by atoms with Gasteiger partial charge in [0, 0.05) is 5.16 Å². The van der Waals surface area contributed by atoms with Crippen molar-refractivity contribution >= 4 is 0 Å². The van der Waals surface area contributed by atoms with Crippen molar-refractivity contribution in [3.8, 4) is 0 Å². The lowest BCUT2D eigenvalue weighted by atomic mass is 10.2.